The quantitative estimate of drug-likeness (QED) is 0.746. The summed E-state index contributed by atoms with van der Waals surface area (Å²) < 4.78 is 1.67. The van der Waals surface area contributed by atoms with Crippen molar-refractivity contribution in [2.24, 2.45) is 7.05 Å². The maximum atomic E-state index is 13.1. The highest BCUT2D eigenvalue weighted by molar-refractivity contribution is 6.04. The molecule has 2 aromatic heterocycles. The molecule has 0 aliphatic carbocycles. The Morgan fingerprint density at radius 1 is 1.21 bits per heavy atom. The molecule has 2 amide bonds. The van der Waals surface area contributed by atoms with E-state index in [1.807, 2.05) is 30.3 Å². The van der Waals surface area contributed by atoms with Gasteiger partial charge >= 0.3 is 6.03 Å². The van der Waals surface area contributed by atoms with Gasteiger partial charge in [0.1, 0.15) is 0 Å². The van der Waals surface area contributed by atoms with Crippen molar-refractivity contribution in [2.45, 2.75) is 19.4 Å². The Balaban J connectivity index is 1.54. The van der Waals surface area contributed by atoms with Crippen LogP contribution in [0.15, 0.2) is 48.7 Å². The van der Waals surface area contributed by atoms with Gasteiger partial charge in [0, 0.05) is 38.0 Å². The normalized spacial score (nSPS) is 17.6. The van der Waals surface area contributed by atoms with Crippen LogP contribution >= 0.6 is 0 Å². The number of aromatic nitrogens is 3. The summed E-state index contributed by atoms with van der Waals surface area (Å²) in [5, 5.41) is 7.19. The number of urea groups is 1. The maximum absolute atomic E-state index is 13.1. The zero-order valence-electron chi connectivity index (χ0n) is 16.0. The highest BCUT2D eigenvalue weighted by Crippen LogP contribution is 2.40. The second-order valence-corrected chi connectivity index (χ2v) is 7.47. The molecule has 0 spiro atoms. The molecule has 28 heavy (non-hydrogen) atoms. The molecule has 1 aromatic carbocycles. The minimum Gasteiger partial charge on any atom is -0.366 e. The first-order chi connectivity index (χ1) is 13.6. The Labute approximate surface area is 163 Å². The molecule has 2 aliphatic heterocycles. The number of benzene rings is 1. The lowest BCUT2D eigenvalue weighted by atomic mass is 10.1. The topological polar surface area (TPSA) is 66.3 Å². The third kappa shape index (κ3) is 2.79. The van der Waals surface area contributed by atoms with Crippen molar-refractivity contribution >= 4 is 23.4 Å². The van der Waals surface area contributed by atoms with Gasteiger partial charge in [-0.2, -0.15) is 5.10 Å². The number of anilines is 3. The van der Waals surface area contributed by atoms with Gasteiger partial charge < -0.3 is 4.90 Å². The number of carbonyl (C=O) groups excluding carboxylic acids is 1. The van der Waals surface area contributed by atoms with Gasteiger partial charge in [-0.3, -0.25) is 14.9 Å². The van der Waals surface area contributed by atoms with Gasteiger partial charge in [-0.05, 0) is 31.5 Å². The van der Waals surface area contributed by atoms with Crippen molar-refractivity contribution in [1.29, 1.82) is 0 Å². The van der Waals surface area contributed by atoms with Gasteiger partial charge in [0.25, 0.3) is 0 Å². The number of rotatable bonds is 2. The van der Waals surface area contributed by atoms with E-state index in [0.717, 1.165) is 42.3 Å². The van der Waals surface area contributed by atoms with Crippen molar-refractivity contribution in [3.05, 3.63) is 54.2 Å². The SMILES string of the molecule is Cc1cccc(-c2ccc3c(n2)N(C(=O)Nc2ccn(C)n2)[C@H]2CCN3C2)c1. The molecular formula is C21H22N6O. The van der Waals surface area contributed by atoms with Crippen LogP contribution in [-0.4, -0.2) is 39.9 Å². The molecule has 1 N–H and O–H groups in total. The molecule has 7 heteroatoms. The average Bonchev–Trinajstić information content (AvgIpc) is 3.28. The summed E-state index contributed by atoms with van der Waals surface area (Å²) in [6, 6.07) is 14.1. The van der Waals surface area contributed by atoms with E-state index in [1.54, 1.807) is 10.7 Å². The van der Waals surface area contributed by atoms with E-state index in [0.29, 0.717) is 5.82 Å². The molecule has 0 saturated carbocycles. The van der Waals surface area contributed by atoms with Gasteiger partial charge in [0.05, 0.1) is 17.4 Å². The molecule has 0 radical (unpaired) electrons. The van der Waals surface area contributed by atoms with Crippen LogP contribution in [0.5, 0.6) is 0 Å². The third-order valence-corrected chi connectivity index (χ3v) is 5.43. The minimum absolute atomic E-state index is 0.122. The van der Waals surface area contributed by atoms with Crippen LogP contribution in [0.2, 0.25) is 0 Å². The summed E-state index contributed by atoms with van der Waals surface area (Å²) in [7, 11) is 1.83. The predicted molar refractivity (Wildman–Crippen MR) is 110 cm³/mol. The average molecular weight is 374 g/mol. The Kier molecular flexibility index (Phi) is 3.82. The van der Waals surface area contributed by atoms with Gasteiger partial charge in [-0.15, -0.1) is 0 Å². The molecule has 142 valence electrons. The van der Waals surface area contributed by atoms with Gasteiger partial charge in [0.2, 0.25) is 0 Å². The molecule has 1 saturated heterocycles. The van der Waals surface area contributed by atoms with Gasteiger partial charge in [-0.25, -0.2) is 9.78 Å². The first kappa shape index (κ1) is 16.8. The van der Waals surface area contributed by atoms with Crippen LogP contribution in [0.3, 0.4) is 0 Å². The number of nitrogens with zero attached hydrogens (tertiary/aromatic N) is 5. The number of pyridine rings is 1. The zero-order valence-corrected chi connectivity index (χ0v) is 16.0. The molecular weight excluding hydrogens is 352 g/mol. The number of hydrogen-bond acceptors (Lipinski definition) is 4. The summed E-state index contributed by atoms with van der Waals surface area (Å²) >= 11 is 0. The van der Waals surface area contributed by atoms with E-state index in [2.05, 4.69) is 46.5 Å². The number of aryl methyl sites for hydroxylation is 2. The second kappa shape index (κ2) is 6.37. The van der Waals surface area contributed by atoms with Gasteiger partial charge in [0.15, 0.2) is 11.6 Å². The van der Waals surface area contributed by atoms with Crippen LogP contribution in [0.4, 0.5) is 22.1 Å². The summed E-state index contributed by atoms with van der Waals surface area (Å²) in [5.74, 6) is 1.27. The zero-order chi connectivity index (χ0) is 19.3. The van der Waals surface area contributed by atoms with Crippen LogP contribution in [0.1, 0.15) is 12.0 Å². The second-order valence-electron chi connectivity index (χ2n) is 7.47. The summed E-state index contributed by atoms with van der Waals surface area (Å²) in [6.45, 7) is 3.85. The minimum atomic E-state index is -0.180. The van der Waals surface area contributed by atoms with E-state index in [4.69, 9.17) is 4.98 Å². The number of amides is 2. The van der Waals surface area contributed by atoms with Crippen molar-refractivity contribution in [3.63, 3.8) is 0 Å². The molecule has 7 nitrogen and oxygen atoms in total. The van der Waals surface area contributed by atoms with E-state index in [-0.39, 0.29) is 12.1 Å². The number of carbonyl (C=O) groups is 1. The fourth-order valence-electron chi connectivity index (χ4n) is 4.09. The molecule has 2 aliphatic rings. The largest absolute Gasteiger partial charge is 0.366 e. The lowest BCUT2D eigenvalue weighted by Crippen LogP contribution is -2.48. The molecule has 1 atom stereocenters. The molecule has 3 aromatic rings. The fourth-order valence-corrected chi connectivity index (χ4v) is 4.09. The lowest BCUT2D eigenvalue weighted by Gasteiger charge is -2.35. The van der Waals surface area contributed by atoms with Gasteiger partial charge in [-0.1, -0.05) is 23.8 Å². The summed E-state index contributed by atoms with van der Waals surface area (Å²) in [6.07, 6.45) is 2.75. The highest BCUT2D eigenvalue weighted by Gasteiger charge is 2.40. The number of nitrogens with one attached hydrogen (secondary N) is 1. The molecule has 0 unspecified atom stereocenters. The summed E-state index contributed by atoms with van der Waals surface area (Å²) in [4.78, 5) is 22.2. The van der Waals surface area contributed by atoms with Crippen molar-refractivity contribution < 1.29 is 4.79 Å². The van der Waals surface area contributed by atoms with Crippen molar-refractivity contribution in [1.82, 2.24) is 14.8 Å². The van der Waals surface area contributed by atoms with Crippen molar-refractivity contribution in [3.8, 4) is 11.3 Å². The lowest BCUT2D eigenvalue weighted by molar-refractivity contribution is 0.254. The highest BCUT2D eigenvalue weighted by atomic mass is 16.2. The van der Waals surface area contributed by atoms with Crippen LogP contribution in [0.25, 0.3) is 11.3 Å². The summed E-state index contributed by atoms with van der Waals surface area (Å²) in [5.41, 5.74) is 4.13. The Morgan fingerprint density at radius 2 is 2.11 bits per heavy atom. The molecule has 1 fully saturated rings. The Bertz CT molecular complexity index is 1060. The first-order valence-electron chi connectivity index (χ1n) is 9.51. The Morgan fingerprint density at radius 3 is 2.89 bits per heavy atom. The smallest absolute Gasteiger partial charge is 0.329 e. The fraction of sp³-hybridized carbons (Fsp3) is 0.286. The van der Waals surface area contributed by atoms with E-state index in [9.17, 15) is 4.79 Å². The maximum Gasteiger partial charge on any atom is 0.329 e. The number of hydrogen-bond donors (Lipinski definition) is 1. The predicted octanol–water partition coefficient (Wildman–Crippen LogP) is 3.42. The third-order valence-electron chi connectivity index (χ3n) is 5.43. The monoisotopic (exact) mass is 374 g/mol. The first-order valence-corrected chi connectivity index (χ1v) is 9.51. The van der Waals surface area contributed by atoms with E-state index in [1.165, 1.54) is 5.56 Å². The number of fused-ring (bicyclic) bond motifs is 4. The molecule has 2 bridgehead atoms. The van der Waals surface area contributed by atoms with Crippen LogP contribution < -0.4 is 15.1 Å². The Hall–Kier alpha value is -3.35. The van der Waals surface area contributed by atoms with Crippen LogP contribution in [0, 0.1) is 6.92 Å². The van der Waals surface area contributed by atoms with Crippen LogP contribution in [-0.2, 0) is 7.05 Å². The molecule has 5 rings (SSSR count). The van der Waals surface area contributed by atoms with E-state index < -0.39 is 0 Å². The molecule has 4 heterocycles. The van der Waals surface area contributed by atoms with Crippen molar-refractivity contribution in [2.75, 3.05) is 28.2 Å². The van der Waals surface area contributed by atoms with E-state index >= 15 is 0 Å². The standard InChI is InChI=1S/C21H22N6O/c1-14-4-3-5-15(12-14)17-6-7-18-20(22-17)27(16-8-11-26(18)13-16)21(28)23-19-9-10-25(2)24-19/h3-7,9-10,12,16H,8,11,13H2,1-2H3,(H,23,24,28)/t16-/m0/s1.